The molecule has 0 unspecified atom stereocenters. The fraction of sp³-hybridized carbons (Fsp3) is 0.400. The van der Waals surface area contributed by atoms with E-state index in [1.165, 1.54) is 24.1 Å². The van der Waals surface area contributed by atoms with Crippen molar-refractivity contribution in [2.24, 2.45) is 0 Å². The molecule has 4 nitrogen and oxygen atoms in total. The van der Waals surface area contributed by atoms with Crippen LogP contribution in [0.5, 0.6) is 0 Å². The molecule has 1 fully saturated rings. The molecule has 1 saturated carbocycles. The lowest BCUT2D eigenvalue weighted by Gasteiger charge is -2.17. The molecular weight excluding hydrogens is 236 g/mol. The first-order chi connectivity index (χ1) is 9.36. The average Bonchev–Trinajstić information content (AvgIpc) is 3.12. The Morgan fingerprint density at radius 3 is 2.79 bits per heavy atom. The van der Waals surface area contributed by atoms with Crippen molar-refractivity contribution in [2.45, 2.75) is 31.5 Å². The van der Waals surface area contributed by atoms with E-state index in [2.05, 4.69) is 56.8 Å². The van der Waals surface area contributed by atoms with E-state index in [1.807, 2.05) is 0 Å². The third-order valence-corrected chi connectivity index (χ3v) is 4.11. The van der Waals surface area contributed by atoms with Gasteiger partial charge in [0.05, 0.1) is 17.8 Å². The fourth-order valence-electron chi connectivity index (χ4n) is 2.87. The van der Waals surface area contributed by atoms with Gasteiger partial charge in [0, 0.05) is 19.2 Å². The summed E-state index contributed by atoms with van der Waals surface area (Å²) < 4.78 is 2.11. The molecule has 0 spiro atoms. The van der Waals surface area contributed by atoms with E-state index in [0.29, 0.717) is 0 Å². The van der Waals surface area contributed by atoms with Gasteiger partial charge in [0.15, 0.2) is 0 Å². The monoisotopic (exact) mass is 254 g/mol. The van der Waals surface area contributed by atoms with Crippen LogP contribution in [0.2, 0.25) is 0 Å². The summed E-state index contributed by atoms with van der Waals surface area (Å²) in [4.78, 5) is 0. The second-order valence-corrected chi connectivity index (χ2v) is 5.49. The highest BCUT2D eigenvalue weighted by Gasteiger charge is 2.44. The molecule has 0 radical (unpaired) electrons. The number of anilines is 1. The Morgan fingerprint density at radius 2 is 2.05 bits per heavy atom. The largest absolute Gasteiger partial charge is 0.359 e. The molecule has 4 rings (SSSR count). The van der Waals surface area contributed by atoms with Crippen molar-refractivity contribution in [3.8, 4) is 0 Å². The minimum absolute atomic E-state index is 0.124. The molecule has 1 aromatic heterocycles. The number of aromatic nitrogens is 2. The standard InChI is InChI=1S/C15H18N4/c1-2-4-12(5-3-1)15(6-7-15)17-14-10-13-11-16-8-9-19(13)18-14/h1-5,10,16H,6-9,11H2,(H,17,18). The van der Waals surface area contributed by atoms with Gasteiger partial charge in [-0.15, -0.1) is 0 Å². The smallest absolute Gasteiger partial charge is 0.149 e. The molecule has 98 valence electrons. The van der Waals surface area contributed by atoms with E-state index in [4.69, 9.17) is 0 Å². The summed E-state index contributed by atoms with van der Waals surface area (Å²) in [7, 11) is 0. The Morgan fingerprint density at radius 1 is 1.21 bits per heavy atom. The minimum atomic E-state index is 0.124. The van der Waals surface area contributed by atoms with E-state index in [9.17, 15) is 0 Å². The van der Waals surface area contributed by atoms with Crippen molar-refractivity contribution >= 4 is 5.82 Å². The second kappa shape index (κ2) is 4.10. The lowest BCUT2D eigenvalue weighted by atomic mass is 10.1. The third kappa shape index (κ3) is 1.92. The van der Waals surface area contributed by atoms with Crippen molar-refractivity contribution in [3.63, 3.8) is 0 Å². The highest BCUT2D eigenvalue weighted by Crippen LogP contribution is 2.48. The quantitative estimate of drug-likeness (QED) is 0.881. The van der Waals surface area contributed by atoms with Crippen LogP contribution in [0.3, 0.4) is 0 Å². The van der Waals surface area contributed by atoms with Gasteiger partial charge >= 0.3 is 0 Å². The molecule has 2 aromatic rings. The number of rotatable bonds is 3. The van der Waals surface area contributed by atoms with Gasteiger partial charge in [-0.3, -0.25) is 4.68 Å². The van der Waals surface area contributed by atoms with Crippen LogP contribution >= 0.6 is 0 Å². The maximum absolute atomic E-state index is 4.67. The normalized spacial score (nSPS) is 19.8. The minimum Gasteiger partial charge on any atom is -0.359 e. The van der Waals surface area contributed by atoms with Gasteiger partial charge in [-0.1, -0.05) is 30.3 Å². The maximum Gasteiger partial charge on any atom is 0.149 e. The molecule has 2 aliphatic rings. The Bertz CT molecular complexity index is 560. The molecule has 2 heterocycles. The number of hydrogen-bond donors (Lipinski definition) is 2. The van der Waals surface area contributed by atoms with Crippen LogP contribution in [0.1, 0.15) is 24.1 Å². The van der Waals surface area contributed by atoms with Gasteiger partial charge in [0.25, 0.3) is 0 Å². The van der Waals surface area contributed by atoms with Crippen molar-refractivity contribution in [2.75, 3.05) is 11.9 Å². The van der Waals surface area contributed by atoms with E-state index in [1.54, 1.807) is 0 Å². The van der Waals surface area contributed by atoms with Crippen LogP contribution < -0.4 is 10.6 Å². The summed E-state index contributed by atoms with van der Waals surface area (Å²) in [5.41, 5.74) is 2.77. The second-order valence-electron chi connectivity index (χ2n) is 5.49. The Hall–Kier alpha value is -1.81. The topological polar surface area (TPSA) is 41.9 Å². The van der Waals surface area contributed by atoms with Crippen LogP contribution in [0, 0.1) is 0 Å². The molecule has 1 aliphatic heterocycles. The highest BCUT2D eigenvalue weighted by atomic mass is 15.3. The van der Waals surface area contributed by atoms with Crippen molar-refractivity contribution < 1.29 is 0 Å². The zero-order valence-corrected chi connectivity index (χ0v) is 10.9. The lowest BCUT2D eigenvalue weighted by molar-refractivity contribution is 0.476. The molecule has 1 aromatic carbocycles. The molecule has 0 amide bonds. The van der Waals surface area contributed by atoms with E-state index in [0.717, 1.165) is 25.5 Å². The van der Waals surface area contributed by atoms with Crippen molar-refractivity contribution in [3.05, 3.63) is 47.7 Å². The SMILES string of the molecule is c1ccc(C2(Nc3cc4n(n3)CCNC4)CC2)cc1. The highest BCUT2D eigenvalue weighted by molar-refractivity contribution is 5.46. The predicted molar refractivity (Wildman–Crippen MR) is 74.9 cm³/mol. The van der Waals surface area contributed by atoms with Crippen LogP contribution in [0.15, 0.2) is 36.4 Å². The van der Waals surface area contributed by atoms with Crippen LogP contribution in [0.25, 0.3) is 0 Å². The molecule has 2 N–H and O–H groups in total. The molecule has 0 saturated heterocycles. The lowest BCUT2D eigenvalue weighted by Crippen LogP contribution is -2.28. The first kappa shape index (κ1) is 11.1. The summed E-state index contributed by atoms with van der Waals surface area (Å²) in [6.45, 7) is 2.90. The molecule has 4 heteroatoms. The summed E-state index contributed by atoms with van der Waals surface area (Å²) in [5.74, 6) is 1.01. The Labute approximate surface area is 112 Å². The molecule has 1 aliphatic carbocycles. The zero-order valence-electron chi connectivity index (χ0n) is 10.9. The zero-order chi connectivity index (χ0) is 12.7. The van der Waals surface area contributed by atoms with Crippen LogP contribution in [-0.4, -0.2) is 16.3 Å². The summed E-state index contributed by atoms with van der Waals surface area (Å²) >= 11 is 0. The molecule has 0 bridgehead atoms. The molecule has 19 heavy (non-hydrogen) atoms. The predicted octanol–water partition coefficient (Wildman–Crippen LogP) is 2.09. The number of nitrogens with zero attached hydrogens (tertiary/aromatic N) is 2. The summed E-state index contributed by atoms with van der Waals surface area (Å²) in [6, 6.07) is 12.9. The van der Waals surface area contributed by atoms with Gasteiger partial charge in [-0.05, 0) is 18.4 Å². The van der Waals surface area contributed by atoms with Gasteiger partial charge in [0.1, 0.15) is 5.82 Å². The Kier molecular flexibility index (Phi) is 2.38. The van der Waals surface area contributed by atoms with Crippen LogP contribution in [0.4, 0.5) is 5.82 Å². The van der Waals surface area contributed by atoms with E-state index < -0.39 is 0 Å². The van der Waals surface area contributed by atoms with E-state index in [-0.39, 0.29) is 5.54 Å². The van der Waals surface area contributed by atoms with Crippen molar-refractivity contribution in [1.29, 1.82) is 0 Å². The fourth-order valence-corrected chi connectivity index (χ4v) is 2.87. The average molecular weight is 254 g/mol. The van der Waals surface area contributed by atoms with Gasteiger partial charge in [-0.2, -0.15) is 5.10 Å². The van der Waals surface area contributed by atoms with Gasteiger partial charge < -0.3 is 10.6 Å². The first-order valence-corrected chi connectivity index (χ1v) is 6.97. The Balaban J connectivity index is 1.60. The van der Waals surface area contributed by atoms with Crippen LogP contribution in [-0.2, 0) is 18.6 Å². The summed E-state index contributed by atoms with van der Waals surface area (Å²) in [5, 5.41) is 11.7. The maximum atomic E-state index is 4.67. The molecular formula is C15H18N4. The van der Waals surface area contributed by atoms with Gasteiger partial charge in [0.2, 0.25) is 0 Å². The third-order valence-electron chi connectivity index (χ3n) is 4.11. The molecule has 0 atom stereocenters. The van der Waals surface area contributed by atoms with E-state index >= 15 is 0 Å². The number of benzene rings is 1. The van der Waals surface area contributed by atoms with Gasteiger partial charge in [-0.25, -0.2) is 0 Å². The first-order valence-electron chi connectivity index (χ1n) is 6.97. The number of nitrogens with one attached hydrogen (secondary N) is 2. The summed E-state index contributed by atoms with van der Waals surface area (Å²) in [6.07, 6.45) is 2.38. The number of fused-ring (bicyclic) bond motifs is 1. The number of hydrogen-bond acceptors (Lipinski definition) is 3. The van der Waals surface area contributed by atoms with Crippen molar-refractivity contribution in [1.82, 2.24) is 15.1 Å².